The van der Waals surface area contributed by atoms with E-state index in [0.29, 0.717) is 0 Å². The van der Waals surface area contributed by atoms with E-state index in [1.807, 2.05) is 20.8 Å². The summed E-state index contributed by atoms with van der Waals surface area (Å²) in [5.74, 6) is -2.58. The Balaban J connectivity index is 2.72. The van der Waals surface area contributed by atoms with Crippen LogP contribution in [-0.2, 0) is 19.8 Å². The number of nitriles is 1. The maximum absolute atomic E-state index is 15.2. The maximum Gasteiger partial charge on any atom is 0.510 e. The van der Waals surface area contributed by atoms with Crippen LogP contribution in [-0.4, -0.2) is 46.7 Å². The number of fused-ring (bicyclic) bond motifs is 1. The van der Waals surface area contributed by atoms with Gasteiger partial charge in [-0.2, -0.15) is 5.26 Å². The van der Waals surface area contributed by atoms with Gasteiger partial charge in [-0.25, -0.2) is 23.5 Å². The van der Waals surface area contributed by atoms with E-state index >= 15 is 4.39 Å². The Morgan fingerprint density at radius 2 is 1.85 bits per heavy atom. The van der Waals surface area contributed by atoms with Gasteiger partial charge in [0.2, 0.25) is 11.9 Å². The predicted molar refractivity (Wildman–Crippen MR) is 115 cm³/mol. The molecular formula is C22H28F2N4O5. The quantitative estimate of drug-likeness (QED) is 0.508. The third kappa shape index (κ3) is 5.96. The van der Waals surface area contributed by atoms with Crippen LogP contribution in [0.25, 0.3) is 11.0 Å². The third-order valence-corrected chi connectivity index (χ3v) is 4.44. The van der Waals surface area contributed by atoms with E-state index in [1.165, 1.54) is 4.57 Å². The number of aromatic nitrogens is 2. The van der Waals surface area contributed by atoms with Crippen molar-refractivity contribution in [2.75, 3.05) is 24.8 Å². The van der Waals surface area contributed by atoms with Crippen LogP contribution in [0.15, 0.2) is 6.07 Å². The molecule has 1 aromatic heterocycles. The molecule has 0 unspecified atom stereocenters. The van der Waals surface area contributed by atoms with Gasteiger partial charge in [-0.1, -0.05) is 20.8 Å². The highest BCUT2D eigenvalue weighted by Gasteiger charge is 2.33. The average molecular weight is 466 g/mol. The van der Waals surface area contributed by atoms with E-state index in [9.17, 15) is 19.2 Å². The summed E-state index contributed by atoms with van der Waals surface area (Å²) in [5.41, 5.74) is -2.54. The summed E-state index contributed by atoms with van der Waals surface area (Å²) >= 11 is 0. The minimum atomic E-state index is -1.14. The predicted octanol–water partition coefficient (Wildman–Crippen LogP) is 3.81. The number of aliphatic hydroxyl groups excluding tert-OH is 1. The summed E-state index contributed by atoms with van der Waals surface area (Å²) in [5, 5.41) is 18.0. The molecule has 0 bridgehead atoms. The lowest BCUT2D eigenvalue weighted by Gasteiger charge is -2.30. The van der Waals surface area contributed by atoms with Crippen LogP contribution in [0.1, 0.15) is 53.5 Å². The van der Waals surface area contributed by atoms with Crippen LogP contribution >= 0.6 is 0 Å². The van der Waals surface area contributed by atoms with Crippen molar-refractivity contribution in [1.82, 2.24) is 9.55 Å². The summed E-state index contributed by atoms with van der Waals surface area (Å²) in [4.78, 5) is 30.2. The summed E-state index contributed by atoms with van der Waals surface area (Å²) in [6, 6.07) is 2.36. The Kier molecular flexibility index (Phi) is 7.64. The number of carbonyl (C=O) groups excluding carboxylic acids is 2. The SMILES string of the molecule is CC(C)(C)CC(=O)N(COC(=O)OCCO)c1nc2c(F)cc(C#N)c(F)c2n1C(C)(C)C. The second-order valence-electron chi connectivity index (χ2n) is 9.60. The number of ether oxygens (including phenoxy) is 2. The Hall–Kier alpha value is -3.26. The molecule has 0 aliphatic heterocycles. The number of amides is 1. The lowest BCUT2D eigenvalue weighted by molar-refractivity contribution is -0.121. The van der Waals surface area contributed by atoms with Crippen molar-refractivity contribution in [2.24, 2.45) is 5.41 Å². The van der Waals surface area contributed by atoms with Crippen LogP contribution in [0, 0.1) is 28.4 Å². The zero-order chi connectivity index (χ0) is 25.1. The highest BCUT2D eigenvalue weighted by molar-refractivity contribution is 5.94. The lowest BCUT2D eigenvalue weighted by Crippen LogP contribution is -2.40. The molecule has 0 spiro atoms. The van der Waals surface area contributed by atoms with E-state index < -0.39 is 53.6 Å². The monoisotopic (exact) mass is 466 g/mol. The Morgan fingerprint density at radius 3 is 2.36 bits per heavy atom. The van der Waals surface area contributed by atoms with Gasteiger partial charge in [0.15, 0.2) is 18.4 Å². The molecule has 0 saturated carbocycles. The highest BCUT2D eigenvalue weighted by atomic mass is 19.1. The van der Waals surface area contributed by atoms with Crippen LogP contribution in [0.3, 0.4) is 0 Å². The molecule has 33 heavy (non-hydrogen) atoms. The molecule has 0 aliphatic rings. The number of aliphatic hydroxyl groups is 1. The van der Waals surface area contributed by atoms with Crippen molar-refractivity contribution in [3.8, 4) is 6.07 Å². The summed E-state index contributed by atoms with van der Waals surface area (Å²) in [7, 11) is 0. The Labute approximate surface area is 190 Å². The number of hydrogen-bond acceptors (Lipinski definition) is 7. The zero-order valence-electron chi connectivity index (χ0n) is 19.5. The van der Waals surface area contributed by atoms with Gasteiger partial charge in [-0.05, 0) is 32.3 Å². The fourth-order valence-electron chi connectivity index (χ4n) is 3.14. The van der Waals surface area contributed by atoms with Crippen molar-refractivity contribution in [1.29, 1.82) is 5.26 Å². The van der Waals surface area contributed by atoms with E-state index in [0.717, 1.165) is 11.0 Å². The summed E-state index contributed by atoms with van der Waals surface area (Å²) < 4.78 is 40.9. The molecule has 1 heterocycles. The fraction of sp³-hybridized carbons (Fsp3) is 0.545. The number of hydrogen-bond donors (Lipinski definition) is 1. The van der Waals surface area contributed by atoms with Crippen LogP contribution in [0.2, 0.25) is 0 Å². The molecule has 0 radical (unpaired) electrons. The second kappa shape index (κ2) is 9.70. The van der Waals surface area contributed by atoms with Gasteiger partial charge < -0.3 is 19.1 Å². The zero-order valence-corrected chi connectivity index (χ0v) is 19.5. The van der Waals surface area contributed by atoms with Crippen molar-refractivity contribution in [2.45, 2.75) is 53.5 Å². The van der Waals surface area contributed by atoms with Gasteiger partial charge in [-0.15, -0.1) is 0 Å². The summed E-state index contributed by atoms with van der Waals surface area (Å²) in [6.45, 7) is 9.18. The number of halogens is 2. The van der Waals surface area contributed by atoms with Gasteiger partial charge in [0.05, 0.1) is 12.2 Å². The topological polar surface area (TPSA) is 118 Å². The molecule has 1 amide bonds. The number of rotatable bonds is 6. The van der Waals surface area contributed by atoms with E-state index in [-0.39, 0.29) is 30.0 Å². The molecule has 1 N–H and O–H groups in total. The molecule has 0 atom stereocenters. The molecule has 2 aromatic rings. The molecule has 2 rings (SSSR count). The third-order valence-electron chi connectivity index (χ3n) is 4.44. The molecule has 9 nitrogen and oxygen atoms in total. The first-order chi connectivity index (χ1) is 15.2. The number of imidazole rings is 1. The minimum Gasteiger partial charge on any atom is -0.432 e. The number of anilines is 1. The number of benzene rings is 1. The molecule has 11 heteroatoms. The average Bonchev–Trinajstić information content (AvgIpc) is 3.09. The van der Waals surface area contributed by atoms with Crippen molar-refractivity contribution in [3.63, 3.8) is 0 Å². The molecule has 1 aromatic carbocycles. The highest BCUT2D eigenvalue weighted by Crippen LogP contribution is 2.35. The molecular weight excluding hydrogens is 438 g/mol. The van der Waals surface area contributed by atoms with Crippen molar-refractivity contribution >= 4 is 29.0 Å². The largest absolute Gasteiger partial charge is 0.510 e. The second-order valence-corrected chi connectivity index (χ2v) is 9.60. The number of carbonyl (C=O) groups is 2. The molecule has 0 fully saturated rings. The van der Waals surface area contributed by atoms with Gasteiger partial charge in [0, 0.05) is 12.0 Å². The maximum atomic E-state index is 15.2. The number of nitrogens with zero attached hydrogens (tertiary/aromatic N) is 4. The Morgan fingerprint density at radius 1 is 1.21 bits per heavy atom. The van der Waals surface area contributed by atoms with Gasteiger partial charge in [0.25, 0.3) is 0 Å². The van der Waals surface area contributed by atoms with Gasteiger partial charge in [-0.3, -0.25) is 4.79 Å². The van der Waals surface area contributed by atoms with Crippen LogP contribution in [0.4, 0.5) is 19.5 Å². The summed E-state index contributed by atoms with van der Waals surface area (Å²) in [6.07, 6.45) is -1.13. The van der Waals surface area contributed by atoms with E-state index in [1.54, 1.807) is 26.8 Å². The standard InChI is InChI=1S/C22H28F2N4O5/c1-21(2,3)10-15(30)27(12-33-20(31)32-8-7-29)19-26-17-14(23)9-13(11-25)16(24)18(17)28(19)22(4,5)6/h9,29H,7-8,10,12H2,1-6H3. The van der Waals surface area contributed by atoms with Gasteiger partial charge in [0.1, 0.15) is 23.7 Å². The van der Waals surface area contributed by atoms with Crippen molar-refractivity contribution in [3.05, 3.63) is 23.3 Å². The molecule has 180 valence electrons. The van der Waals surface area contributed by atoms with E-state index in [2.05, 4.69) is 9.72 Å². The first-order valence-corrected chi connectivity index (χ1v) is 10.2. The van der Waals surface area contributed by atoms with Crippen LogP contribution in [0.5, 0.6) is 0 Å². The Bertz CT molecular complexity index is 1090. The first kappa shape index (κ1) is 26.0. The first-order valence-electron chi connectivity index (χ1n) is 10.2. The van der Waals surface area contributed by atoms with Gasteiger partial charge >= 0.3 is 6.16 Å². The van der Waals surface area contributed by atoms with Crippen LogP contribution < -0.4 is 4.90 Å². The fourth-order valence-corrected chi connectivity index (χ4v) is 3.14. The molecule has 0 saturated heterocycles. The van der Waals surface area contributed by atoms with Crippen molar-refractivity contribution < 1.29 is 33.0 Å². The van der Waals surface area contributed by atoms with E-state index in [4.69, 9.17) is 9.84 Å². The molecule has 0 aliphatic carbocycles. The minimum absolute atomic E-state index is 0.00378. The smallest absolute Gasteiger partial charge is 0.432 e. The normalized spacial score (nSPS) is 11.9. The lowest BCUT2D eigenvalue weighted by atomic mass is 9.92.